The second-order valence-electron chi connectivity index (χ2n) is 4.94. The molecule has 0 saturated heterocycles. The van der Waals surface area contributed by atoms with E-state index in [2.05, 4.69) is 25.7 Å². The third kappa shape index (κ3) is 3.50. The summed E-state index contributed by atoms with van der Waals surface area (Å²) in [5.74, 6) is -0.277. The first kappa shape index (κ1) is 14.6. The molecule has 0 radical (unpaired) electrons. The molecule has 0 aliphatic heterocycles. The van der Waals surface area contributed by atoms with E-state index in [0.717, 1.165) is 5.56 Å². The third-order valence-corrected chi connectivity index (χ3v) is 3.30. The highest BCUT2D eigenvalue weighted by molar-refractivity contribution is 5.34. The second-order valence-corrected chi connectivity index (χ2v) is 4.94. The Balaban J connectivity index is 2.80. The molecule has 0 spiro atoms. The highest BCUT2D eigenvalue weighted by Gasteiger charge is 2.17. The fourth-order valence-corrected chi connectivity index (χ4v) is 1.74. The van der Waals surface area contributed by atoms with Crippen LogP contribution in [-0.2, 0) is 6.54 Å². The Bertz CT molecular complexity index is 435. The van der Waals surface area contributed by atoms with Crippen LogP contribution in [0.25, 0.3) is 0 Å². The van der Waals surface area contributed by atoms with Crippen LogP contribution < -0.4 is 0 Å². The second kappa shape index (κ2) is 5.91. The van der Waals surface area contributed by atoms with Crippen molar-refractivity contribution >= 4 is 5.69 Å². The Labute approximate surface area is 107 Å². The Morgan fingerprint density at radius 2 is 2.00 bits per heavy atom. The molecule has 0 heterocycles. The average Bonchev–Trinajstić information content (AvgIpc) is 2.27. The van der Waals surface area contributed by atoms with Gasteiger partial charge in [-0.15, -0.1) is 0 Å². The van der Waals surface area contributed by atoms with Gasteiger partial charge in [0.25, 0.3) is 0 Å². The zero-order valence-corrected chi connectivity index (χ0v) is 11.2. The predicted octanol–water partition coefficient (Wildman–Crippen LogP) is 3.21. The summed E-state index contributed by atoms with van der Waals surface area (Å²) >= 11 is 0. The van der Waals surface area contributed by atoms with Gasteiger partial charge in [0.1, 0.15) is 0 Å². The Morgan fingerprint density at radius 1 is 1.39 bits per heavy atom. The van der Waals surface area contributed by atoms with E-state index in [1.807, 2.05) is 7.05 Å². The van der Waals surface area contributed by atoms with Crippen LogP contribution in [0.4, 0.5) is 10.1 Å². The molecule has 0 saturated carbocycles. The van der Waals surface area contributed by atoms with Crippen LogP contribution in [0.3, 0.4) is 0 Å². The van der Waals surface area contributed by atoms with Crippen molar-refractivity contribution in [1.29, 1.82) is 0 Å². The van der Waals surface area contributed by atoms with Crippen molar-refractivity contribution in [2.75, 3.05) is 7.05 Å². The summed E-state index contributed by atoms with van der Waals surface area (Å²) in [6, 6.07) is 4.42. The van der Waals surface area contributed by atoms with Gasteiger partial charge in [0.05, 0.1) is 4.92 Å². The number of hydrogen-bond donors (Lipinski definition) is 0. The van der Waals surface area contributed by atoms with Crippen molar-refractivity contribution in [1.82, 2.24) is 4.90 Å². The van der Waals surface area contributed by atoms with Crippen LogP contribution in [0.2, 0.25) is 0 Å². The topological polar surface area (TPSA) is 46.4 Å². The Kier molecular flexibility index (Phi) is 4.78. The standard InChI is InChI=1S/C13H19FN2O2/c1-9(2)10(3)15(4)8-11-5-6-13(16(17)18)12(14)7-11/h5-7,9-10H,8H2,1-4H3. The van der Waals surface area contributed by atoms with Gasteiger partial charge in [-0.05, 0) is 31.5 Å². The minimum absolute atomic E-state index is 0.364. The number of halogens is 1. The van der Waals surface area contributed by atoms with Gasteiger partial charge in [-0.25, -0.2) is 0 Å². The van der Waals surface area contributed by atoms with E-state index in [9.17, 15) is 14.5 Å². The van der Waals surface area contributed by atoms with Gasteiger partial charge >= 0.3 is 5.69 Å². The van der Waals surface area contributed by atoms with Crippen molar-refractivity contribution in [3.63, 3.8) is 0 Å². The molecule has 1 aromatic carbocycles. The molecule has 0 fully saturated rings. The molecule has 1 aromatic rings. The number of nitro benzene ring substituents is 1. The normalized spacial score (nSPS) is 13.1. The van der Waals surface area contributed by atoms with Gasteiger partial charge in [-0.3, -0.25) is 15.0 Å². The molecule has 0 N–H and O–H groups in total. The number of rotatable bonds is 5. The number of hydrogen-bond acceptors (Lipinski definition) is 3. The lowest BCUT2D eigenvalue weighted by molar-refractivity contribution is -0.387. The molecule has 0 aliphatic rings. The van der Waals surface area contributed by atoms with E-state index in [1.165, 1.54) is 12.1 Å². The van der Waals surface area contributed by atoms with Crippen LogP contribution >= 0.6 is 0 Å². The molecule has 0 amide bonds. The molecule has 18 heavy (non-hydrogen) atoms. The van der Waals surface area contributed by atoms with Gasteiger partial charge in [-0.2, -0.15) is 4.39 Å². The molecule has 1 unspecified atom stereocenters. The molecular weight excluding hydrogens is 235 g/mol. The molecule has 0 bridgehead atoms. The van der Waals surface area contributed by atoms with E-state index in [1.54, 1.807) is 6.07 Å². The minimum Gasteiger partial charge on any atom is -0.299 e. The lowest BCUT2D eigenvalue weighted by atomic mass is 10.0. The Morgan fingerprint density at radius 3 is 2.44 bits per heavy atom. The molecule has 100 valence electrons. The van der Waals surface area contributed by atoms with E-state index < -0.39 is 16.4 Å². The van der Waals surface area contributed by atoms with Crippen molar-refractivity contribution in [3.05, 3.63) is 39.7 Å². The van der Waals surface area contributed by atoms with Crippen molar-refractivity contribution < 1.29 is 9.31 Å². The van der Waals surface area contributed by atoms with Gasteiger partial charge in [0, 0.05) is 18.7 Å². The molecule has 4 nitrogen and oxygen atoms in total. The van der Waals surface area contributed by atoms with Crippen molar-refractivity contribution in [2.24, 2.45) is 5.92 Å². The lowest BCUT2D eigenvalue weighted by Gasteiger charge is -2.27. The van der Waals surface area contributed by atoms with Gasteiger partial charge < -0.3 is 0 Å². The molecule has 1 atom stereocenters. The van der Waals surface area contributed by atoms with E-state index in [0.29, 0.717) is 18.5 Å². The highest BCUT2D eigenvalue weighted by atomic mass is 19.1. The van der Waals surface area contributed by atoms with Crippen molar-refractivity contribution in [3.8, 4) is 0 Å². The maximum atomic E-state index is 13.5. The summed E-state index contributed by atoms with van der Waals surface area (Å²) in [5, 5.41) is 10.5. The fourth-order valence-electron chi connectivity index (χ4n) is 1.74. The van der Waals surface area contributed by atoms with Gasteiger partial charge in [0.2, 0.25) is 5.82 Å². The molecule has 0 aliphatic carbocycles. The minimum atomic E-state index is -0.775. The SMILES string of the molecule is CC(C)C(C)N(C)Cc1ccc([N+](=O)[O-])c(F)c1. The first-order chi connectivity index (χ1) is 8.32. The van der Waals surface area contributed by atoms with E-state index in [4.69, 9.17) is 0 Å². The van der Waals surface area contributed by atoms with Gasteiger partial charge in [-0.1, -0.05) is 19.9 Å². The smallest absolute Gasteiger partial charge is 0.299 e. The zero-order valence-electron chi connectivity index (χ0n) is 11.2. The number of nitrogens with zero attached hydrogens (tertiary/aromatic N) is 2. The zero-order chi connectivity index (χ0) is 13.9. The number of nitro groups is 1. The third-order valence-electron chi connectivity index (χ3n) is 3.30. The largest absolute Gasteiger partial charge is 0.304 e. The summed E-state index contributed by atoms with van der Waals surface area (Å²) in [6.45, 7) is 6.93. The van der Waals surface area contributed by atoms with Crippen LogP contribution in [0, 0.1) is 21.8 Å². The molecular formula is C13H19FN2O2. The van der Waals surface area contributed by atoms with E-state index >= 15 is 0 Å². The van der Waals surface area contributed by atoms with E-state index in [-0.39, 0.29) is 0 Å². The Hall–Kier alpha value is -1.49. The molecule has 1 rings (SSSR count). The monoisotopic (exact) mass is 254 g/mol. The first-order valence-corrected chi connectivity index (χ1v) is 5.96. The quantitative estimate of drug-likeness (QED) is 0.598. The van der Waals surface area contributed by atoms with Crippen LogP contribution in [-0.4, -0.2) is 22.9 Å². The van der Waals surface area contributed by atoms with Crippen LogP contribution in [0.1, 0.15) is 26.3 Å². The van der Waals surface area contributed by atoms with Crippen LogP contribution in [0.5, 0.6) is 0 Å². The average molecular weight is 254 g/mol. The summed E-state index contributed by atoms with van der Waals surface area (Å²) in [6.07, 6.45) is 0. The van der Waals surface area contributed by atoms with Gasteiger partial charge in [0.15, 0.2) is 0 Å². The highest BCUT2D eigenvalue weighted by Crippen LogP contribution is 2.20. The molecule has 0 aromatic heterocycles. The first-order valence-electron chi connectivity index (χ1n) is 5.96. The fraction of sp³-hybridized carbons (Fsp3) is 0.538. The van der Waals surface area contributed by atoms with Crippen LogP contribution in [0.15, 0.2) is 18.2 Å². The van der Waals surface area contributed by atoms with Crippen molar-refractivity contribution in [2.45, 2.75) is 33.4 Å². The summed E-state index contributed by atoms with van der Waals surface area (Å²) < 4.78 is 13.5. The maximum absolute atomic E-state index is 13.5. The number of benzene rings is 1. The predicted molar refractivity (Wildman–Crippen MR) is 68.8 cm³/mol. The summed E-state index contributed by atoms with van der Waals surface area (Å²) in [4.78, 5) is 11.9. The molecule has 5 heteroatoms. The summed E-state index contributed by atoms with van der Waals surface area (Å²) in [7, 11) is 1.96. The maximum Gasteiger partial charge on any atom is 0.304 e. The summed E-state index contributed by atoms with van der Waals surface area (Å²) in [5.41, 5.74) is 0.270. The lowest BCUT2D eigenvalue weighted by Crippen LogP contribution is -2.32.